The fourth-order valence-electron chi connectivity index (χ4n) is 7.24. The van der Waals surface area contributed by atoms with Crippen LogP contribution in [0.4, 0.5) is 5.82 Å². The Balaban J connectivity index is 1.18. The highest BCUT2D eigenvalue weighted by atomic mass is 35.5. The van der Waals surface area contributed by atoms with Gasteiger partial charge in [0.2, 0.25) is 15.9 Å². The summed E-state index contributed by atoms with van der Waals surface area (Å²) in [5.41, 5.74) is 1.80. The Morgan fingerprint density at radius 2 is 1.74 bits per heavy atom. The third-order valence-electron chi connectivity index (χ3n) is 8.45. The van der Waals surface area contributed by atoms with Gasteiger partial charge in [0.05, 0.1) is 33.5 Å². The fourth-order valence-corrected chi connectivity index (χ4v) is 9.03. The molecule has 0 saturated heterocycles. The van der Waals surface area contributed by atoms with Crippen molar-refractivity contribution in [2.75, 3.05) is 11.9 Å². The molecule has 5 aliphatic rings. The Morgan fingerprint density at radius 1 is 1.06 bits per heavy atom. The second kappa shape index (κ2) is 8.68. The average molecular weight is 535 g/mol. The van der Waals surface area contributed by atoms with Crippen LogP contribution in [0.15, 0.2) is 24.5 Å². The first kappa shape index (κ1) is 23.6. The van der Waals surface area contributed by atoms with Gasteiger partial charge >= 0.3 is 0 Å². The van der Waals surface area contributed by atoms with E-state index in [2.05, 4.69) is 15.3 Å². The monoisotopic (exact) mass is 534 g/mol. The summed E-state index contributed by atoms with van der Waals surface area (Å²) in [6, 6.07) is 4.86. The van der Waals surface area contributed by atoms with E-state index in [1.807, 2.05) is 0 Å². The van der Waals surface area contributed by atoms with Crippen molar-refractivity contribution in [1.82, 2.24) is 14.3 Å². The van der Waals surface area contributed by atoms with Crippen molar-refractivity contribution in [3.63, 3.8) is 0 Å². The topological polar surface area (TPSA) is 92.3 Å². The quantitative estimate of drug-likeness (QED) is 0.593. The van der Waals surface area contributed by atoms with E-state index in [0.717, 1.165) is 24.8 Å². The minimum atomic E-state index is -3.59. The number of hydrogen-bond acceptors (Lipinski definition) is 5. The van der Waals surface area contributed by atoms with Gasteiger partial charge in [-0.1, -0.05) is 29.3 Å². The summed E-state index contributed by atoms with van der Waals surface area (Å²) >= 11 is 12.0. The molecule has 1 aliphatic heterocycles. The smallest absolute Gasteiger partial charge is 0.231 e. The molecule has 7 rings (SSSR count). The number of carbonyl (C=O) groups is 1. The van der Waals surface area contributed by atoms with Crippen LogP contribution in [0.1, 0.15) is 55.3 Å². The number of halogens is 2. The normalized spacial score (nSPS) is 29.7. The number of nitrogens with zero attached hydrogens (tertiary/aromatic N) is 3. The highest BCUT2D eigenvalue weighted by Crippen LogP contribution is 2.60. The maximum Gasteiger partial charge on any atom is 0.231 e. The molecule has 186 valence electrons. The van der Waals surface area contributed by atoms with E-state index >= 15 is 0 Å². The van der Waals surface area contributed by atoms with Crippen molar-refractivity contribution >= 4 is 45.0 Å². The number of benzene rings is 1. The molecule has 1 aromatic carbocycles. The molecular formula is C25H28Cl2N4O3S. The summed E-state index contributed by atoms with van der Waals surface area (Å²) in [4.78, 5) is 22.3. The van der Waals surface area contributed by atoms with Gasteiger partial charge < -0.3 is 5.32 Å². The van der Waals surface area contributed by atoms with Crippen molar-refractivity contribution in [1.29, 1.82) is 0 Å². The van der Waals surface area contributed by atoms with E-state index < -0.39 is 10.0 Å². The van der Waals surface area contributed by atoms with Crippen LogP contribution in [-0.4, -0.2) is 35.1 Å². The summed E-state index contributed by atoms with van der Waals surface area (Å²) in [5.74, 6) is 2.51. The highest BCUT2D eigenvalue weighted by Gasteiger charge is 2.54. The van der Waals surface area contributed by atoms with Crippen molar-refractivity contribution in [2.45, 2.75) is 57.2 Å². The molecule has 7 nitrogen and oxygen atoms in total. The van der Waals surface area contributed by atoms with E-state index in [1.165, 1.54) is 29.9 Å². The van der Waals surface area contributed by atoms with E-state index in [-0.39, 0.29) is 23.6 Å². The van der Waals surface area contributed by atoms with Crippen LogP contribution >= 0.6 is 23.2 Å². The van der Waals surface area contributed by atoms with Gasteiger partial charge in [-0.15, -0.1) is 0 Å². The molecule has 2 heterocycles. The zero-order valence-electron chi connectivity index (χ0n) is 19.3. The average Bonchev–Trinajstić information content (AvgIpc) is 2.80. The maximum absolute atomic E-state index is 13.5. The van der Waals surface area contributed by atoms with E-state index in [1.54, 1.807) is 18.2 Å². The third-order valence-corrected chi connectivity index (χ3v) is 11.0. The zero-order chi connectivity index (χ0) is 24.4. The lowest BCUT2D eigenvalue weighted by Crippen LogP contribution is -2.52. The molecule has 10 heteroatoms. The zero-order valence-corrected chi connectivity index (χ0v) is 21.7. The predicted molar refractivity (Wildman–Crippen MR) is 134 cm³/mol. The molecule has 0 atom stereocenters. The number of amides is 1. The molecule has 4 aliphatic carbocycles. The molecule has 4 saturated carbocycles. The van der Waals surface area contributed by atoms with Crippen LogP contribution in [0, 0.1) is 23.2 Å². The van der Waals surface area contributed by atoms with Gasteiger partial charge in [-0.25, -0.2) is 18.4 Å². The van der Waals surface area contributed by atoms with Gasteiger partial charge in [-0.05, 0) is 80.4 Å². The molecule has 2 aromatic rings. The SMILES string of the molecule is O=C(Nc1ncnc2c1CCN(S(=O)(=O)Cc1ccc(Cl)c(Cl)c1)C2)C12CC3CC(CC(C3)C1)C2. The van der Waals surface area contributed by atoms with Gasteiger partial charge in [0.25, 0.3) is 0 Å². The Labute approximate surface area is 215 Å². The Kier molecular flexibility index (Phi) is 5.87. The minimum Gasteiger partial charge on any atom is -0.310 e. The van der Waals surface area contributed by atoms with Gasteiger partial charge in [0.1, 0.15) is 12.1 Å². The number of anilines is 1. The van der Waals surface area contributed by atoms with Crippen molar-refractivity contribution in [2.24, 2.45) is 23.2 Å². The Hall–Kier alpha value is -1.74. The first-order valence-electron chi connectivity index (χ1n) is 12.3. The molecule has 1 N–H and O–H groups in total. The van der Waals surface area contributed by atoms with E-state index in [0.29, 0.717) is 57.8 Å². The second-order valence-corrected chi connectivity index (χ2v) is 13.7. The van der Waals surface area contributed by atoms with Gasteiger partial charge in [-0.3, -0.25) is 4.79 Å². The molecule has 35 heavy (non-hydrogen) atoms. The van der Waals surface area contributed by atoms with Gasteiger partial charge in [0, 0.05) is 12.1 Å². The Morgan fingerprint density at radius 3 is 2.40 bits per heavy atom. The van der Waals surface area contributed by atoms with Gasteiger partial charge in [-0.2, -0.15) is 4.31 Å². The number of nitrogens with one attached hydrogen (secondary N) is 1. The number of rotatable bonds is 5. The maximum atomic E-state index is 13.5. The van der Waals surface area contributed by atoms with Crippen molar-refractivity contribution < 1.29 is 13.2 Å². The largest absolute Gasteiger partial charge is 0.310 e. The van der Waals surface area contributed by atoms with Crippen LogP contribution in [-0.2, 0) is 33.5 Å². The molecule has 4 fully saturated rings. The van der Waals surface area contributed by atoms with E-state index in [9.17, 15) is 13.2 Å². The predicted octanol–water partition coefficient (Wildman–Crippen LogP) is 4.83. The summed E-state index contributed by atoms with van der Waals surface area (Å²) in [7, 11) is -3.59. The van der Waals surface area contributed by atoms with Crippen LogP contribution in [0.2, 0.25) is 10.0 Å². The summed E-state index contributed by atoms with van der Waals surface area (Å²) in [5, 5.41) is 3.86. The number of hydrogen-bond donors (Lipinski definition) is 1. The fraction of sp³-hybridized carbons (Fsp3) is 0.560. The molecule has 0 unspecified atom stereocenters. The van der Waals surface area contributed by atoms with Crippen LogP contribution in [0.5, 0.6) is 0 Å². The summed E-state index contributed by atoms with van der Waals surface area (Å²) < 4.78 is 27.7. The molecular weight excluding hydrogens is 507 g/mol. The third kappa shape index (κ3) is 4.37. The van der Waals surface area contributed by atoms with Crippen LogP contribution in [0.25, 0.3) is 0 Å². The van der Waals surface area contributed by atoms with Crippen LogP contribution in [0.3, 0.4) is 0 Å². The molecule has 1 aromatic heterocycles. The lowest BCUT2D eigenvalue weighted by molar-refractivity contribution is -0.140. The molecule has 0 spiro atoms. The first-order valence-corrected chi connectivity index (χ1v) is 14.6. The van der Waals surface area contributed by atoms with Gasteiger partial charge in [0.15, 0.2) is 0 Å². The van der Waals surface area contributed by atoms with Crippen LogP contribution < -0.4 is 5.32 Å². The number of carbonyl (C=O) groups excluding carboxylic acids is 1. The van der Waals surface area contributed by atoms with Crippen molar-refractivity contribution in [3.05, 3.63) is 51.4 Å². The molecule has 0 radical (unpaired) electrons. The summed E-state index contributed by atoms with van der Waals surface area (Å²) in [6.07, 6.45) is 8.67. The summed E-state index contributed by atoms with van der Waals surface area (Å²) in [6.45, 7) is 0.464. The minimum absolute atomic E-state index is 0.0900. The number of aromatic nitrogens is 2. The standard InChI is InChI=1S/C25H28Cl2N4O3S/c26-20-2-1-15(8-21(20)27)13-35(33,34)31-4-3-19-22(12-31)28-14-29-23(19)30-24(32)25-9-16-5-17(10-25)7-18(6-16)11-25/h1-2,8,14,16-18H,3-7,9-13H2,(H,28,29,30,32). The second-order valence-electron chi connectivity index (χ2n) is 10.9. The lowest BCUT2D eigenvalue weighted by atomic mass is 9.49. The highest BCUT2D eigenvalue weighted by molar-refractivity contribution is 7.88. The number of sulfonamides is 1. The Bertz CT molecular complexity index is 1260. The lowest BCUT2D eigenvalue weighted by Gasteiger charge is -2.55. The first-order chi connectivity index (χ1) is 16.7. The number of fused-ring (bicyclic) bond motifs is 1. The van der Waals surface area contributed by atoms with E-state index in [4.69, 9.17) is 23.2 Å². The molecule has 4 bridgehead atoms. The molecule has 1 amide bonds. The van der Waals surface area contributed by atoms with Crippen molar-refractivity contribution in [3.8, 4) is 0 Å².